The highest BCUT2D eigenvalue weighted by Gasteiger charge is 2.39. The van der Waals surface area contributed by atoms with Gasteiger partial charge in [-0.15, -0.1) is 0 Å². The lowest BCUT2D eigenvalue weighted by Crippen LogP contribution is -2.55. The van der Waals surface area contributed by atoms with Gasteiger partial charge in [-0.1, -0.05) is 6.92 Å². The molecule has 3 amide bonds. The van der Waals surface area contributed by atoms with Crippen molar-refractivity contribution in [1.82, 2.24) is 15.1 Å². The summed E-state index contributed by atoms with van der Waals surface area (Å²) in [6.07, 6.45) is 1.46. The highest BCUT2D eigenvalue weighted by molar-refractivity contribution is 6.35. The lowest BCUT2D eigenvalue weighted by molar-refractivity contribution is -0.147. The number of ether oxygens (including phenoxy) is 2. The Morgan fingerprint density at radius 3 is 2.33 bits per heavy atom. The predicted molar refractivity (Wildman–Crippen MR) is 112 cm³/mol. The molecule has 1 aromatic carbocycles. The Morgan fingerprint density at radius 2 is 1.80 bits per heavy atom. The van der Waals surface area contributed by atoms with Crippen LogP contribution in [0, 0.1) is 0 Å². The fourth-order valence-electron chi connectivity index (χ4n) is 3.96. The molecule has 2 heterocycles. The average molecular weight is 418 g/mol. The van der Waals surface area contributed by atoms with E-state index in [2.05, 4.69) is 17.1 Å². The molecule has 0 bridgehead atoms. The molecule has 30 heavy (non-hydrogen) atoms. The van der Waals surface area contributed by atoms with Crippen LogP contribution < -0.4 is 19.7 Å². The Kier molecular flexibility index (Phi) is 6.81. The second-order valence-corrected chi connectivity index (χ2v) is 7.56. The number of anilines is 1. The Labute approximate surface area is 176 Å². The summed E-state index contributed by atoms with van der Waals surface area (Å²) in [5.74, 6) is -0.455. The van der Waals surface area contributed by atoms with Crippen molar-refractivity contribution in [3.8, 4) is 11.5 Å². The first-order valence-electron chi connectivity index (χ1n) is 10.2. The number of amides is 3. The molecule has 2 aliphatic rings. The van der Waals surface area contributed by atoms with Gasteiger partial charge in [0, 0.05) is 50.9 Å². The third kappa shape index (κ3) is 4.35. The van der Waals surface area contributed by atoms with Gasteiger partial charge in [-0.2, -0.15) is 0 Å². The second-order valence-electron chi connectivity index (χ2n) is 7.56. The first kappa shape index (κ1) is 21.9. The molecule has 2 atom stereocenters. The van der Waals surface area contributed by atoms with Gasteiger partial charge >= 0.3 is 11.8 Å². The molecule has 2 saturated heterocycles. The van der Waals surface area contributed by atoms with Crippen molar-refractivity contribution < 1.29 is 23.9 Å². The summed E-state index contributed by atoms with van der Waals surface area (Å²) in [4.78, 5) is 43.0. The maximum atomic E-state index is 13.0. The molecule has 0 radical (unpaired) electrons. The summed E-state index contributed by atoms with van der Waals surface area (Å²) in [6.45, 7) is 4.90. The fraction of sp³-hybridized carbons (Fsp3) is 0.571. The van der Waals surface area contributed by atoms with Crippen LogP contribution in [0.5, 0.6) is 11.5 Å². The number of carbonyl (C=O) groups excluding carboxylic acids is 3. The van der Waals surface area contributed by atoms with E-state index >= 15 is 0 Å². The van der Waals surface area contributed by atoms with Gasteiger partial charge in [0.25, 0.3) is 0 Å². The van der Waals surface area contributed by atoms with Gasteiger partial charge in [0.05, 0.1) is 19.9 Å². The van der Waals surface area contributed by atoms with E-state index in [1.807, 2.05) is 0 Å². The molecular formula is C21H30N4O5. The van der Waals surface area contributed by atoms with Crippen LogP contribution in [-0.2, 0) is 14.4 Å². The van der Waals surface area contributed by atoms with Crippen molar-refractivity contribution in [1.29, 1.82) is 0 Å². The van der Waals surface area contributed by atoms with Crippen LogP contribution in [0.1, 0.15) is 19.8 Å². The lowest BCUT2D eigenvalue weighted by atomic mass is 10.0. The monoisotopic (exact) mass is 418 g/mol. The minimum atomic E-state index is -0.694. The number of likely N-dealkylation sites (tertiary alicyclic amines) is 1. The number of nitrogens with one attached hydrogen (secondary N) is 1. The van der Waals surface area contributed by atoms with E-state index in [-0.39, 0.29) is 11.9 Å². The Hall–Kier alpha value is -2.81. The molecule has 1 aromatic rings. The maximum Gasteiger partial charge on any atom is 0.312 e. The summed E-state index contributed by atoms with van der Waals surface area (Å²) < 4.78 is 10.5. The second kappa shape index (κ2) is 9.34. The fourth-order valence-corrected chi connectivity index (χ4v) is 3.96. The molecule has 9 heteroatoms. The maximum absolute atomic E-state index is 13.0. The zero-order valence-corrected chi connectivity index (χ0v) is 18.0. The first-order valence-corrected chi connectivity index (χ1v) is 10.2. The minimum Gasteiger partial charge on any atom is -0.497 e. The van der Waals surface area contributed by atoms with Crippen molar-refractivity contribution >= 4 is 23.4 Å². The third-order valence-corrected chi connectivity index (χ3v) is 5.98. The van der Waals surface area contributed by atoms with E-state index in [9.17, 15) is 14.4 Å². The van der Waals surface area contributed by atoms with Crippen molar-refractivity contribution in [2.45, 2.75) is 31.8 Å². The van der Waals surface area contributed by atoms with E-state index in [0.29, 0.717) is 36.7 Å². The number of benzene rings is 1. The molecule has 3 rings (SSSR count). The minimum absolute atomic E-state index is 0.231. The molecule has 9 nitrogen and oxygen atoms in total. The predicted octanol–water partition coefficient (Wildman–Crippen LogP) is 0.478. The van der Waals surface area contributed by atoms with Crippen LogP contribution in [0.15, 0.2) is 18.2 Å². The summed E-state index contributed by atoms with van der Waals surface area (Å²) >= 11 is 0. The number of likely N-dealkylation sites (N-methyl/N-ethyl adjacent to an activating group) is 2. The summed E-state index contributed by atoms with van der Waals surface area (Å²) in [5.41, 5.74) is 0.633. The summed E-state index contributed by atoms with van der Waals surface area (Å²) in [5, 5.41) is 2.71. The van der Waals surface area contributed by atoms with E-state index in [0.717, 1.165) is 19.5 Å². The number of nitrogens with zero attached hydrogens (tertiary/aromatic N) is 3. The molecule has 0 spiro atoms. The highest BCUT2D eigenvalue weighted by Crippen LogP contribution is 2.31. The zero-order chi connectivity index (χ0) is 21.8. The van der Waals surface area contributed by atoms with Crippen LogP contribution in [-0.4, -0.2) is 87.1 Å². The number of carbonyl (C=O) groups is 3. The van der Waals surface area contributed by atoms with Gasteiger partial charge in [-0.25, -0.2) is 0 Å². The number of rotatable bonds is 7. The van der Waals surface area contributed by atoms with Gasteiger partial charge in [-0.3, -0.25) is 19.3 Å². The van der Waals surface area contributed by atoms with Gasteiger partial charge in [-0.05, 0) is 19.4 Å². The average Bonchev–Trinajstić information content (AvgIpc) is 3.12. The molecule has 2 aliphatic heterocycles. The normalized spacial score (nSPS) is 21.2. The van der Waals surface area contributed by atoms with Crippen molar-refractivity contribution in [2.75, 3.05) is 52.3 Å². The van der Waals surface area contributed by atoms with Crippen LogP contribution in [0.2, 0.25) is 0 Å². The Bertz CT molecular complexity index is 790. The molecule has 0 saturated carbocycles. The lowest BCUT2D eigenvalue weighted by Gasteiger charge is -2.40. The summed E-state index contributed by atoms with van der Waals surface area (Å²) in [6, 6.07) is 4.81. The number of methoxy groups -OCH3 is 2. The van der Waals surface area contributed by atoms with Crippen LogP contribution in [0.4, 0.5) is 5.69 Å². The van der Waals surface area contributed by atoms with E-state index < -0.39 is 17.9 Å². The highest BCUT2D eigenvalue weighted by atomic mass is 16.5. The largest absolute Gasteiger partial charge is 0.497 e. The molecule has 164 valence electrons. The standard InChI is InChI=1S/C21H30N4O5/c1-5-24-8-6-14(24)13-22-19(26)21(28)23(2)18-7-9-25(20(18)27)15-10-16(29-3)12-17(11-15)30-4/h10-12,14,18H,5-9,13H2,1-4H3,(H,22,26). The van der Waals surface area contributed by atoms with Gasteiger partial charge in [0.15, 0.2) is 0 Å². The number of hydrogen-bond donors (Lipinski definition) is 1. The molecule has 2 fully saturated rings. The zero-order valence-electron chi connectivity index (χ0n) is 18.0. The van der Waals surface area contributed by atoms with E-state index in [4.69, 9.17) is 9.47 Å². The van der Waals surface area contributed by atoms with E-state index in [1.54, 1.807) is 37.3 Å². The Morgan fingerprint density at radius 1 is 1.13 bits per heavy atom. The number of hydrogen-bond acceptors (Lipinski definition) is 6. The van der Waals surface area contributed by atoms with Gasteiger partial charge in [0.1, 0.15) is 17.5 Å². The smallest absolute Gasteiger partial charge is 0.312 e. The van der Waals surface area contributed by atoms with Crippen LogP contribution >= 0.6 is 0 Å². The molecule has 0 aromatic heterocycles. The third-order valence-electron chi connectivity index (χ3n) is 5.98. The van der Waals surface area contributed by atoms with Crippen molar-refractivity contribution in [2.24, 2.45) is 0 Å². The molecule has 2 unspecified atom stereocenters. The Balaban J connectivity index is 1.62. The van der Waals surface area contributed by atoms with Crippen molar-refractivity contribution in [3.63, 3.8) is 0 Å². The van der Waals surface area contributed by atoms with Crippen molar-refractivity contribution in [3.05, 3.63) is 18.2 Å². The summed E-state index contributed by atoms with van der Waals surface area (Å²) in [7, 11) is 4.59. The quantitative estimate of drug-likeness (QED) is 0.648. The topological polar surface area (TPSA) is 91.4 Å². The van der Waals surface area contributed by atoms with Gasteiger partial charge in [0.2, 0.25) is 5.91 Å². The molecule has 1 N–H and O–H groups in total. The first-order chi connectivity index (χ1) is 14.4. The molecule has 0 aliphatic carbocycles. The van der Waals surface area contributed by atoms with E-state index in [1.165, 1.54) is 11.9 Å². The van der Waals surface area contributed by atoms with Crippen LogP contribution in [0.25, 0.3) is 0 Å². The van der Waals surface area contributed by atoms with Gasteiger partial charge < -0.3 is 24.6 Å². The molecular weight excluding hydrogens is 388 g/mol. The SMILES string of the molecule is CCN1CCC1CNC(=O)C(=O)N(C)C1CCN(c2cc(OC)cc(OC)c2)C1=O. The van der Waals surface area contributed by atoms with Crippen LogP contribution in [0.3, 0.4) is 0 Å².